The van der Waals surface area contributed by atoms with Gasteiger partial charge in [0.05, 0.1) is 0 Å². The van der Waals surface area contributed by atoms with Crippen LogP contribution in [-0.2, 0) is 6.42 Å². The third kappa shape index (κ3) is 2.39. The average molecular weight is 203 g/mol. The predicted molar refractivity (Wildman–Crippen MR) is 62.8 cm³/mol. The first-order valence-corrected chi connectivity index (χ1v) is 5.52. The molecule has 2 rings (SSSR count). The number of nitrogens with two attached hydrogens (primary N) is 1. The largest absolute Gasteiger partial charge is 0.461 e. The lowest BCUT2D eigenvalue weighted by Gasteiger charge is -2.06. The summed E-state index contributed by atoms with van der Waals surface area (Å²) in [5.41, 5.74) is 6.93. The molecule has 2 heteroatoms. The summed E-state index contributed by atoms with van der Waals surface area (Å²) in [6.07, 6.45) is 3.01. The Kier molecular flexibility index (Phi) is 3.07. The number of hydrogen-bond acceptors (Lipinski definition) is 2. The van der Waals surface area contributed by atoms with Gasteiger partial charge in [0.25, 0.3) is 0 Å². The standard InChI is InChI=1S/C13H17NO/c1-2-5-11(14)9-12-8-10-6-3-4-7-13(10)15-12/h3-4,6-8,11H,2,5,9,14H2,1H3/t11-/m1/s1. The minimum Gasteiger partial charge on any atom is -0.461 e. The molecule has 0 bridgehead atoms. The summed E-state index contributed by atoms with van der Waals surface area (Å²) in [7, 11) is 0. The maximum atomic E-state index is 5.98. The number of furan rings is 1. The van der Waals surface area contributed by atoms with Crippen molar-refractivity contribution in [1.82, 2.24) is 0 Å². The molecule has 0 fully saturated rings. The lowest BCUT2D eigenvalue weighted by Crippen LogP contribution is -2.21. The molecule has 0 radical (unpaired) electrons. The summed E-state index contributed by atoms with van der Waals surface area (Å²) >= 11 is 0. The van der Waals surface area contributed by atoms with E-state index in [9.17, 15) is 0 Å². The third-order valence-electron chi connectivity index (χ3n) is 2.60. The number of fused-ring (bicyclic) bond motifs is 1. The molecular weight excluding hydrogens is 186 g/mol. The van der Waals surface area contributed by atoms with Crippen LogP contribution in [-0.4, -0.2) is 6.04 Å². The van der Waals surface area contributed by atoms with E-state index in [1.807, 2.05) is 18.2 Å². The number of rotatable bonds is 4. The van der Waals surface area contributed by atoms with Gasteiger partial charge in [-0.1, -0.05) is 31.5 Å². The Hall–Kier alpha value is -1.28. The lowest BCUT2D eigenvalue weighted by atomic mass is 10.1. The van der Waals surface area contributed by atoms with Gasteiger partial charge < -0.3 is 10.2 Å². The molecule has 2 aromatic rings. The van der Waals surface area contributed by atoms with Crippen molar-refractivity contribution in [3.63, 3.8) is 0 Å². The van der Waals surface area contributed by atoms with Gasteiger partial charge in [0.2, 0.25) is 0 Å². The van der Waals surface area contributed by atoms with Crippen molar-refractivity contribution in [2.75, 3.05) is 0 Å². The van der Waals surface area contributed by atoms with Gasteiger partial charge in [-0.2, -0.15) is 0 Å². The summed E-state index contributed by atoms with van der Waals surface area (Å²) in [4.78, 5) is 0. The van der Waals surface area contributed by atoms with E-state index in [0.29, 0.717) is 0 Å². The van der Waals surface area contributed by atoms with Gasteiger partial charge in [0.15, 0.2) is 0 Å². The lowest BCUT2D eigenvalue weighted by molar-refractivity contribution is 0.497. The van der Waals surface area contributed by atoms with Crippen molar-refractivity contribution in [3.8, 4) is 0 Å². The van der Waals surface area contributed by atoms with Gasteiger partial charge in [0.1, 0.15) is 11.3 Å². The second kappa shape index (κ2) is 4.49. The van der Waals surface area contributed by atoms with Gasteiger partial charge in [-0.3, -0.25) is 0 Å². The van der Waals surface area contributed by atoms with Crippen molar-refractivity contribution < 1.29 is 4.42 Å². The number of benzene rings is 1. The fraction of sp³-hybridized carbons (Fsp3) is 0.385. The topological polar surface area (TPSA) is 39.2 Å². The highest BCUT2D eigenvalue weighted by Gasteiger charge is 2.07. The third-order valence-corrected chi connectivity index (χ3v) is 2.60. The van der Waals surface area contributed by atoms with Crippen LogP contribution < -0.4 is 5.73 Å². The predicted octanol–water partition coefficient (Wildman–Crippen LogP) is 3.10. The molecule has 80 valence electrons. The molecule has 0 aliphatic heterocycles. The van der Waals surface area contributed by atoms with Crippen molar-refractivity contribution in [2.24, 2.45) is 5.73 Å². The van der Waals surface area contributed by atoms with E-state index in [4.69, 9.17) is 10.2 Å². The molecule has 1 aromatic carbocycles. The molecule has 1 atom stereocenters. The molecule has 0 spiro atoms. The van der Waals surface area contributed by atoms with E-state index in [2.05, 4.69) is 19.1 Å². The zero-order valence-electron chi connectivity index (χ0n) is 9.07. The molecular formula is C13H17NO. The zero-order chi connectivity index (χ0) is 10.7. The fourth-order valence-electron chi connectivity index (χ4n) is 1.87. The molecule has 1 heterocycles. The molecule has 1 aromatic heterocycles. The van der Waals surface area contributed by atoms with Crippen LogP contribution in [0, 0.1) is 0 Å². The van der Waals surface area contributed by atoms with Crippen LogP contribution in [0.3, 0.4) is 0 Å². The van der Waals surface area contributed by atoms with Crippen molar-refractivity contribution in [2.45, 2.75) is 32.2 Å². The van der Waals surface area contributed by atoms with Gasteiger partial charge in [-0.05, 0) is 18.6 Å². The minimum absolute atomic E-state index is 0.218. The summed E-state index contributed by atoms with van der Waals surface area (Å²) in [5.74, 6) is 0.997. The smallest absolute Gasteiger partial charge is 0.134 e. The molecule has 2 N–H and O–H groups in total. The molecule has 0 saturated heterocycles. The Morgan fingerprint density at radius 1 is 1.33 bits per heavy atom. The Bertz CT molecular complexity index is 400. The van der Waals surface area contributed by atoms with Gasteiger partial charge in [0, 0.05) is 17.8 Å². The van der Waals surface area contributed by atoms with Crippen LogP contribution in [0.1, 0.15) is 25.5 Å². The van der Waals surface area contributed by atoms with Gasteiger partial charge >= 0.3 is 0 Å². The summed E-state index contributed by atoms with van der Waals surface area (Å²) < 4.78 is 5.71. The van der Waals surface area contributed by atoms with Crippen LogP contribution in [0.2, 0.25) is 0 Å². The SMILES string of the molecule is CCC[C@@H](N)Cc1cc2ccccc2o1. The zero-order valence-corrected chi connectivity index (χ0v) is 9.07. The van der Waals surface area contributed by atoms with E-state index in [1.165, 1.54) is 0 Å². The van der Waals surface area contributed by atoms with Crippen LogP contribution in [0.4, 0.5) is 0 Å². The van der Waals surface area contributed by atoms with E-state index < -0.39 is 0 Å². The first-order chi connectivity index (χ1) is 7.29. The maximum absolute atomic E-state index is 5.98. The van der Waals surface area contributed by atoms with Crippen molar-refractivity contribution >= 4 is 11.0 Å². The fourth-order valence-corrected chi connectivity index (χ4v) is 1.87. The van der Waals surface area contributed by atoms with Crippen molar-refractivity contribution in [3.05, 3.63) is 36.1 Å². The first-order valence-electron chi connectivity index (χ1n) is 5.52. The number of para-hydroxylation sites is 1. The second-order valence-electron chi connectivity index (χ2n) is 4.00. The quantitative estimate of drug-likeness (QED) is 0.829. The normalized spacial score (nSPS) is 13.2. The van der Waals surface area contributed by atoms with E-state index in [-0.39, 0.29) is 6.04 Å². The summed E-state index contributed by atoms with van der Waals surface area (Å²) in [5, 5.41) is 1.16. The van der Waals surface area contributed by atoms with E-state index in [1.54, 1.807) is 0 Å². The van der Waals surface area contributed by atoms with Gasteiger partial charge in [-0.15, -0.1) is 0 Å². The van der Waals surface area contributed by atoms with Gasteiger partial charge in [-0.25, -0.2) is 0 Å². The Labute approximate surface area is 90.1 Å². The molecule has 15 heavy (non-hydrogen) atoms. The minimum atomic E-state index is 0.218. The molecule has 0 unspecified atom stereocenters. The summed E-state index contributed by atoms with van der Waals surface area (Å²) in [6.45, 7) is 2.15. The highest BCUT2D eigenvalue weighted by Crippen LogP contribution is 2.20. The second-order valence-corrected chi connectivity index (χ2v) is 4.00. The highest BCUT2D eigenvalue weighted by molar-refractivity contribution is 5.77. The monoisotopic (exact) mass is 203 g/mol. The molecule has 2 nitrogen and oxygen atoms in total. The van der Waals surface area contributed by atoms with E-state index in [0.717, 1.165) is 36.0 Å². The Morgan fingerprint density at radius 2 is 2.13 bits per heavy atom. The Morgan fingerprint density at radius 3 is 2.87 bits per heavy atom. The summed E-state index contributed by atoms with van der Waals surface area (Å²) in [6, 6.07) is 10.4. The first kappa shape index (κ1) is 10.2. The molecule has 0 saturated carbocycles. The van der Waals surface area contributed by atoms with Crippen LogP contribution in [0.25, 0.3) is 11.0 Å². The van der Waals surface area contributed by atoms with Crippen LogP contribution in [0.5, 0.6) is 0 Å². The molecule has 0 aliphatic carbocycles. The van der Waals surface area contributed by atoms with Crippen LogP contribution in [0.15, 0.2) is 34.7 Å². The molecule has 0 amide bonds. The van der Waals surface area contributed by atoms with Crippen molar-refractivity contribution in [1.29, 1.82) is 0 Å². The van der Waals surface area contributed by atoms with Crippen LogP contribution >= 0.6 is 0 Å². The Balaban J connectivity index is 2.15. The highest BCUT2D eigenvalue weighted by atomic mass is 16.3. The maximum Gasteiger partial charge on any atom is 0.134 e. The molecule has 0 aliphatic rings. The number of hydrogen-bond donors (Lipinski definition) is 1. The average Bonchev–Trinajstić information content (AvgIpc) is 2.59. The van der Waals surface area contributed by atoms with E-state index >= 15 is 0 Å².